The number of hydrogen-bond donors (Lipinski definition) is 0. The van der Waals surface area contributed by atoms with Crippen LogP contribution in [-0.2, 0) is 4.57 Å². The smallest absolute Gasteiger partial charge is 0.115 e. The van der Waals surface area contributed by atoms with Crippen LogP contribution < -0.4 is 5.30 Å². The molecule has 0 saturated carbocycles. The molecule has 0 aliphatic rings. The van der Waals surface area contributed by atoms with E-state index in [1.54, 1.807) is 0 Å². The van der Waals surface area contributed by atoms with Crippen molar-refractivity contribution in [3.8, 4) is 0 Å². The largest absolute Gasteiger partial charge is 0.319 e. The molecule has 1 aromatic carbocycles. The molecule has 0 bridgehead atoms. The molecule has 0 aliphatic heterocycles. The Morgan fingerprint density at radius 3 is 2.20 bits per heavy atom. The standard InChI is InChI=1S/C13H21OP/c1-4-9-15(14,10-5-2)13-8-6-7-12(3)11-13/h6-8,11H,4-5,9-10H2,1-3H3. The normalized spacial score (nSPS) is 11.7. The summed E-state index contributed by atoms with van der Waals surface area (Å²) < 4.78 is 12.8. The van der Waals surface area contributed by atoms with Crippen LogP contribution in [0.1, 0.15) is 32.3 Å². The Hall–Kier alpha value is -0.550. The summed E-state index contributed by atoms with van der Waals surface area (Å²) >= 11 is 0. The van der Waals surface area contributed by atoms with Crippen molar-refractivity contribution < 1.29 is 4.57 Å². The van der Waals surface area contributed by atoms with Gasteiger partial charge in [-0.2, -0.15) is 0 Å². The van der Waals surface area contributed by atoms with E-state index in [1.807, 2.05) is 12.1 Å². The molecule has 1 aromatic rings. The van der Waals surface area contributed by atoms with Gasteiger partial charge in [-0.1, -0.05) is 37.6 Å². The molecule has 0 fully saturated rings. The van der Waals surface area contributed by atoms with E-state index in [1.165, 1.54) is 5.56 Å². The summed E-state index contributed by atoms with van der Waals surface area (Å²) in [5, 5.41) is 1.08. The Kier molecular flexibility index (Phi) is 4.60. The third-order valence-electron chi connectivity index (χ3n) is 2.64. The van der Waals surface area contributed by atoms with E-state index in [0.29, 0.717) is 0 Å². The zero-order chi connectivity index (χ0) is 11.3. The van der Waals surface area contributed by atoms with Crippen molar-refractivity contribution in [2.75, 3.05) is 12.3 Å². The summed E-state index contributed by atoms with van der Waals surface area (Å²) in [5.74, 6) is 0. The van der Waals surface area contributed by atoms with Crippen molar-refractivity contribution in [1.82, 2.24) is 0 Å². The lowest BCUT2D eigenvalue weighted by molar-refractivity contribution is 0.579. The molecule has 0 unspecified atom stereocenters. The van der Waals surface area contributed by atoms with Crippen LogP contribution >= 0.6 is 7.14 Å². The van der Waals surface area contributed by atoms with Crippen LogP contribution in [0.2, 0.25) is 0 Å². The average molecular weight is 224 g/mol. The summed E-state index contributed by atoms with van der Waals surface area (Å²) in [5.41, 5.74) is 1.21. The lowest BCUT2D eigenvalue weighted by Crippen LogP contribution is -2.10. The van der Waals surface area contributed by atoms with Crippen molar-refractivity contribution in [1.29, 1.82) is 0 Å². The third-order valence-corrected chi connectivity index (χ3v) is 6.20. The van der Waals surface area contributed by atoms with E-state index in [2.05, 4.69) is 32.9 Å². The highest BCUT2D eigenvalue weighted by Crippen LogP contribution is 2.45. The summed E-state index contributed by atoms with van der Waals surface area (Å²) in [4.78, 5) is 0. The van der Waals surface area contributed by atoms with Crippen LogP contribution in [0, 0.1) is 6.92 Å². The van der Waals surface area contributed by atoms with Crippen molar-refractivity contribution >= 4 is 12.4 Å². The highest BCUT2D eigenvalue weighted by Gasteiger charge is 2.22. The third kappa shape index (κ3) is 3.21. The first-order chi connectivity index (χ1) is 7.12. The second-order valence-corrected chi connectivity index (χ2v) is 7.37. The van der Waals surface area contributed by atoms with Crippen molar-refractivity contribution in [3.63, 3.8) is 0 Å². The lowest BCUT2D eigenvalue weighted by Gasteiger charge is -2.17. The van der Waals surface area contributed by atoms with Gasteiger partial charge in [0, 0.05) is 17.6 Å². The van der Waals surface area contributed by atoms with Gasteiger partial charge in [0.1, 0.15) is 7.14 Å². The molecule has 0 aromatic heterocycles. The minimum atomic E-state index is -2.10. The molecule has 15 heavy (non-hydrogen) atoms. The van der Waals surface area contributed by atoms with Gasteiger partial charge >= 0.3 is 0 Å². The van der Waals surface area contributed by atoms with Crippen molar-refractivity contribution in [2.24, 2.45) is 0 Å². The minimum absolute atomic E-state index is 0.851. The quantitative estimate of drug-likeness (QED) is 0.695. The average Bonchev–Trinajstić information content (AvgIpc) is 2.18. The van der Waals surface area contributed by atoms with Crippen LogP contribution in [-0.4, -0.2) is 12.3 Å². The predicted molar refractivity (Wildman–Crippen MR) is 68.7 cm³/mol. The monoisotopic (exact) mass is 224 g/mol. The topological polar surface area (TPSA) is 17.1 Å². The second kappa shape index (κ2) is 5.51. The van der Waals surface area contributed by atoms with Crippen LogP contribution in [0.3, 0.4) is 0 Å². The van der Waals surface area contributed by atoms with Gasteiger partial charge in [-0.05, 0) is 25.8 Å². The first-order valence-electron chi connectivity index (χ1n) is 5.77. The van der Waals surface area contributed by atoms with Gasteiger partial charge in [0.2, 0.25) is 0 Å². The molecule has 2 heteroatoms. The predicted octanol–water partition coefficient (Wildman–Crippen LogP) is 3.80. The van der Waals surface area contributed by atoms with Crippen LogP contribution in [0.4, 0.5) is 0 Å². The van der Waals surface area contributed by atoms with Gasteiger partial charge in [0.25, 0.3) is 0 Å². The summed E-state index contributed by atoms with van der Waals surface area (Å²) in [6, 6.07) is 8.19. The molecule has 0 amide bonds. The summed E-state index contributed by atoms with van der Waals surface area (Å²) in [7, 11) is -2.10. The van der Waals surface area contributed by atoms with E-state index in [9.17, 15) is 4.57 Å². The molecule has 0 spiro atoms. The fourth-order valence-corrected chi connectivity index (χ4v) is 4.96. The molecule has 0 saturated heterocycles. The molecule has 0 aliphatic carbocycles. The molecular weight excluding hydrogens is 203 g/mol. The highest BCUT2D eigenvalue weighted by molar-refractivity contribution is 7.71. The highest BCUT2D eigenvalue weighted by atomic mass is 31.2. The fraction of sp³-hybridized carbons (Fsp3) is 0.538. The van der Waals surface area contributed by atoms with Gasteiger partial charge in [0.15, 0.2) is 0 Å². The van der Waals surface area contributed by atoms with Crippen LogP contribution in [0.25, 0.3) is 0 Å². The molecule has 0 N–H and O–H groups in total. The minimum Gasteiger partial charge on any atom is -0.319 e. The Morgan fingerprint density at radius 1 is 1.13 bits per heavy atom. The molecule has 0 heterocycles. The van der Waals surface area contributed by atoms with Gasteiger partial charge in [-0.15, -0.1) is 0 Å². The molecule has 0 radical (unpaired) electrons. The van der Waals surface area contributed by atoms with Gasteiger partial charge in [-0.3, -0.25) is 0 Å². The molecule has 0 atom stereocenters. The van der Waals surface area contributed by atoms with E-state index < -0.39 is 7.14 Å². The summed E-state index contributed by atoms with van der Waals surface area (Å²) in [6.45, 7) is 6.28. The number of benzene rings is 1. The van der Waals surface area contributed by atoms with E-state index in [-0.39, 0.29) is 0 Å². The molecular formula is C13H21OP. The molecule has 1 rings (SSSR count). The van der Waals surface area contributed by atoms with Crippen LogP contribution in [0.5, 0.6) is 0 Å². The SMILES string of the molecule is CCCP(=O)(CCC)c1cccc(C)c1. The number of rotatable bonds is 5. The van der Waals surface area contributed by atoms with Crippen LogP contribution in [0.15, 0.2) is 24.3 Å². The second-order valence-electron chi connectivity index (χ2n) is 4.18. The van der Waals surface area contributed by atoms with Gasteiger partial charge in [0.05, 0.1) is 0 Å². The lowest BCUT2D eigenvalue weighted by atomic mass is 10.2. The van der Waals surface area contributed by atoms with Gasteiger partial charge < -0.3 is 4.57 Å². The van der Waals surface area contributed by atoms with Crippen molar-refractivity contribution in [2.45, 2.75) is 33.6 Å². The molecule has 84 valence electrons. The van der Waals surface area contributed by atoms with Gasteiger partial charge in [-0.25, -0.2) is 0 Å². The van der Waals surface area contributed by atoms with Crippen molar-refractivity contribution in [3.05, 3.63) is 29.8 Å². The first kappa shape index (κ1) is 12.5. The van der Waals surface area contributed by atoms with E-state index in [4.69, 9.17) is 0 Å². The Bertz CT molecular complexity index is 347. The maximum absolute atomic E-state index is 12.8. The maximum atomic E-state index is 12.8. The Labute approximate surface area is 93.3 Å². The first-order valence-corrected chi connectivity index (χ1v) is 7.85. The summed E-state index contributed by atoms with van der Waals surface area (Å²) in [6.07, 6.45) is 3.71. The maximum Gasteiger partial charge on any atom is 0.115 e. The number of hydrogen-bond acceptors (Lipinski definition) is 1. The fourth-order valence-electron chi connectivity index (χ4n) is 1.97. The zero-order valence-corrected chi connectivity index (χ0v) is 10.9. The Balaban J connectivity index is 3.03. The molecule has 1 nitrogen and oxygen atoms in total. The Morgan fingerprint density at radius 2 is 1.73 bits per heavy atom. The zero-order valence-electron chi connectivity index (χ0n) is 9.99. The number of aryl methyl sites for hydroxylation is 1. The van der Waals surface area contributed by atoms with E-state index in [0.717, 1.165) is 30.5 Å². The van der Waals surface area contributed by atoms with E-state index >= 15 is 0 Å².